The lowest BCUT2D eigenvalue weighted by Gasteiger charge is -2.22. The minimum absolute atomic E-state index is 0.205. The van der Waals surface area contributed by atoms with Crippen molar-refractivity contribution in [1.29, 1.82) is 0 Å². The lowest BCUT2D eigenvalue weighted by atomic mass is 10.1. The lowest BCUT2D eigenvalue weighted by Crippen LogP contribution is -2.47. The Morgan fingerprint density at radius 3 is 1.76 bits per heavy atom. The molecule has 1 N–H and O–H groups in total. The Morgan fingerprint density at radius 1 is 0.818 bits per heavy atom. The molecule has 0 heterocycles. The van der Waals surface area contributed by atoms with Crippen LogP contribution in [0.15, 0.2) is 12.2 Å². The van der Waals surface area contributed by atoms with E-state index in [1.165, 1.54) is 64.7 Å². The van der Waals surface area contributed by atoms with Crippen LogP contribution in [0.4, 0.5) is 4.79 Å². The molecule has 0 aliphatic rings. The van der Waals surface area contributed by atoms with E-state index in [-0.39, 0.29) is 18.8 Å². The summed E-state index contributed by atoms with van der Waals surface area (Å²) in [6.45, 7) is 12.3. The first kappa shape index (κ1) is 30.9. The van der Waals surface area contributed by atoms with Crippen LogP contribution in [0.2, 0.25) is 0 Å². The fourth-order valence-corrected chi connectivity index (χ4v) is 3.12. The molecule has 0 aromatic rings. The van der Waals surface area contributed by atoms with Crippen molar-refractivity contribution in [3.8, 4) is 0 Å². The van der Waals surface area contributed by atoms with Gasteiger partial charge in [0.05, 0.1) is 6.61 Å². The van der Waals surface area contributed by atoms with Gasteiger partial charge in [0, 0.05) is 5.57 Å². The molecule has 0 fully saturated rings. The molecule has 0 unspecified atom stereocenters. The van der Waals surface area contributed by atoms with Crippen molar-refractivity contribution >= 4 is 18.0 Å². The third-order valence-corrected chi connectivity index (χ3v) is 4.95. The molecular formula is C26H47NO6. The van der Waals surface area contributed by atoms with Crippen LogP contribution >= 0.6 is 0 Å². The summed E-state index contributed by atoms with van der Waals surface area (Å²) in [5.74, 6) is -1.29. The fourth-order valence-electron chi connectivity index (χ4n) is 3.12. The van der Waals surface area contributed by atoms with Crippen LogP contribution in [-0.4, -0.2) is 42.9 Å². The molecule has 0 rings (SSSR count). The van der Waals surface area contributed by atoms with Gasteiger partial charge in [0.1, 0.15) is 12.2 Å². The molecule has 0 radical (unpaired) electrons. The number of unbranched alkanes of at least 4 members (excludes halogenated alkanes) is 11. The number of esters is 2. The highest BCUT2D eigenvalue weighted by molar-refractivity contribution is 5.87. The third kappa shape index (κ3) is 19.2. The van der Waals surface area contributed by atoms with Crippen molar-refractivity contribution < 1.29 is 28.6 Å². The van der Waals surface area contributed by atoms with Crippen molar-refractivity contribution in [3.63, 3.8) is 0 Å². The molecule has 1 atom stereocenters. The largest absolute Gasteiger partial charge is 0.464 e. The smallest absolute Gasteiger partial charge is 0.408 e. The topological polar surface area (TPSA) is 90.9 Å². The average molecular weight is 470 g/mol. The van der Waals surface area contributed by atoms with Crippen molar-refractivity contribution in [2.45, 2.75) is 123 Å². The van der Waals surface area contributed by atoms with Gasteiger partial charge in [-0.2, -0.15) is 0 Å². The SMILES string of the molecule is C=C(C)C(=O)OC[C@H](NC(=O)OC(C)(C)C)C(=O)OCCCCCCCCCCCCCC. The second-order valence-corrected chi connectivity index (χ2v) is 9.63. The number of hydrogen-bond donors (Lipinski definition) is 1. The van der Waals surface area contributed by atoms with Crippen LogP contribution in [0, 0.1) is 0 Å². The summed E-state index contributed by atoms with van der Waals surface area (Å²) in [6, 6.07) is -1.14. The van der Waals surface area contributed by atoms with E-state index >= 15 is 0 Å². The molecule has 0 aliphatic carbocycles. The molecule has 33 heavy (non-hydrogen) atoms. The maximum atomic E-state index is 12.4. The minimum atomic E-state index is -1.14. The zero-order valence-corrected chi connectivity index (χ0v) is 21.6. The molecule has 0 saturated heterocycles. The fraction of sp³-hybridized carbons (Fsp3) is 0.808. The van der Waals surface area contributed by atoms with Crippen LogP contribution < -0.4 is 5.32 Å². The van der Waals surface area contributed by atoms with Gasteiger partial charge in [-0.05, 0) is 34.1 Å². The van der Waals surface area contributed by atoms with Crippen LogP contribution in [0.3, 0.4) is 0 Å². The highest BCUT2D eigenvalue weighted by Crippen LogP contribution is 2.12. The van der Waals surface area contributed by atoms with Crippen LogP contribution in [0.5, 0.6) is 0 Å². The minimum Gasteiger partial charge on any atom is -0.464 e. The summed E-state index contributed by atoms with van der Waals surface area (Å²) in [6.07, 6.45) is 13.8. The Balaban J connectivity index is 4.15. The number of alkyl carbamates (subject to hydrolysis) is 1. The van der Waals surface area contributed by atoms with Crippen molar-refractivity contribution in [2.75, 3.05) is 13.2 Å². The highest BCUT2D eigenvalue weighted by Gasteiger charge is 2.27. The zero-order valence-electron chi connectivity index (χ0n) is 21.6. The van der Waals surface area contributed by atoms with Crippen molar-refractivity contribution in [3.05, 3.63) is 12.2 Å². The van der Waals surface area contributed by atoms with Crippen molar-refractivity contribution in [2.24, 2.45) is 0 Å². The average Bonchev–Trinajstić information content (AvgIpc) is 2.72. The Bertz CT molecular complexity index is 582. The molecule has 7 heteroatoms. The number of nitrogens with one attached hydrogen (secondary N) is 1. The number of carbonyl (C=O) groups excluding carboxylic acids is 3. The molecule has 0 bridgehead atoms. The maximum absolute atomic E-state index is 12.4. The second-order valence-electron chi connectivity index (χ2n) is 9.63. The molecule has 0 saturated carbocycles. The van der Waals surface area contributed by atoms with Gasteiger partial charge < -0.3 is 19.5 Å². The molecule has 0 spiro atoms. The van der Waals surface area contributed by atoms with E-state index in [0.717, 1.165) is 19.3 Å². The molecular weight excluding hydrogens is 422 g/mol. The van der Waals surface area contributed by atoms with Crippen LogP contribution in [0.25, 0.3) is 0 Å². The standard InChI is InChI=1S/C26H47NO6/c1-7-8-9-10-11-12-13-14-15-16-17-18-19-31-24(29)22(20-32-23(28)21(2)3)27-25(30)33-26(4,5)6/h22H,2,7-20H2,1,3-6H3,(H,27,30)/t22-/m0/s1. The number of carbonyl (C=O) groups is 3. The number of rotatable bonds is 18. The molecule has 1 amide bonds. The second kappa shape index (κ2) is 18.4. The lowest BCUT2D eigenvalue weighted by molar-refractivity contribution is -0.150. The van der Waals surface area contributed by atoms with Gasteiger partial charge in [0.2, 0.25) is 0 Å². The third-order valence-electron chi connectivity index (χ3n) is 4.95. The molecule has 0 aromatic heterocycles. The molecule has 0 aromatic carbocycles. The van der Waals surface area contributed by atoms with Gasteiger partial charge >= 0.3 is 18.0 Å². The summed E-state index contributed by atoms with van der Waals surface area (Å²) in [7, 11) is 0. The van der Waals surface area contributed by atoms with E-state index in [1.54, 1.807) is 20.8 Å². The number of ether oxygens (including phenoxy) is 3. The first-order valence-electron chi connectivity index (χ1n) is 12.6. The van der Waals surface area contributed by atoms with Gasteiger partial charge in [0.25, 0.3) is 0 Å². The van der Waals surface area contributed by atoms with Crippen LogP contribution in [0.1, 0.15) is 112 Å². The summed E-state index contributed by atoms with van der Waals surface area (Å²) in [5.41, 5.74) is -0.516. The number of hydrogen-bond acceptors (Lipinski definition) is 6. The van der Waals surface area contributed by atoms with Crippen molar-refractivity contribution in [1.82, 2.24) is 5.32 Å². The first-order chi connectivity index (χ1) is 15.6. The summed E-state index contributed by atoms with van der Waals surface area (Å²) >= 11 is 0. The van der Waals surface area contributed by atoms with Crippen LogP contribution in [-0.2, 0) is 23.8 Å². The number of amides is 1. The van der Waals surface area contributed by atoms with E-state index in [4.69, 9.17) is 14.2 Å². The normalized spacial score (nSPS) is 12.0. The Labute approximate surface area is 201 Å². The van der Waals surface area contributed by atoms with E-state index in [1.807, 2.05) is 0 Å². The zero-order chi connectivity index (χ0) is 25.1. The first-order valence-corrected chi connectivity index (χ1v) is 12.6. The quantitative estimate of drug-likeness (QED) is 0.110. The molecule has 192 valence electrons. The Hall–Kier alpha value is -2.05. The van der Waals surface area contributed by atoms with E-state index in [2.05, 4.69) is 18.8 Å². The van der Waals surface area contributed by atoms with Gasteiger partial charge in [-0.15, -0.1) is 0 Å². The van der Waals surface area contributed by atoms with Gasteiger partial charge in [0.15, 0.2) is 6.04 Å². The highest BCUT2D eigenvalue weighted by atomic mass is 16.6. The van der Waals surface area contributed by atoms with E-state index in [0.29, 0.717) is 0 Å². The predicted molar refractivity (Wildman–Crippen MR) is 131 cm³/mol. The van der Waals surface area contributed by atoms with E-state index < -0.39 is 29.7 Å². The summed E-state index contributed by atoms with van der Waals surface area (Å²) in [4.78, 5) is 36.1. The van der Waals surface area contributed by atoms with Gasteiger partial charge in [-0.25, -0.2) is 14.4 Å². The summed E-state index contributed by atoms with van der Waals surface area (Å²) in [5, 5.41) is 2.42. The maximum Gasteiger partial charge on any atom is 0.408 e. The van der Waals surface area contributed by atoms with Gasteiger partial charge in [-0.1, -0.05) is 84.1 Å². The molecule has 7 nitrogen and oxygen atoms in total. The predicted octanol–water partition coefficient (Wildman–Crippen LogP) is 6.24. The Kier molecular flexibility index (Phi) is 17.2. The Morgan fingerprint density at radius 2 is 1.30 bits per heavy atom. The summed E-state index contributed by atoms with van der Waals surface area (Å²) < 4.78 is 15.5. The molecule has 0 aliphatic heterocycles. The monoisotopic (exact) mass is 469 g/mol. The van der Waals surface area contributed by atoms with Gasteiger partial charge in [-0.3, -0.25) is 0 Å². The van der Waals surface area contributed by atoms with E-state index in [9.17, 15) is 14.4 Å².